The number of benzene rings is 1. The minimum absolute atomic E-state index is 0. The maximum absolute atomic E-state index is 11.9. The number of nitrogens with one attached hydrogen (secondary N) is 1. The first kappa shape index (κ1) is 16.1. The van der Waals surface area contributed by atoms with Gasteiger partial charge in [-0.1, -0.05) is 32.0 Å². The maximum Gasteiger partial charge on any atom is 0.243 e. The number of anilines is 1. The summed E-state index contributed by atoms with van der Waals surface area (Å²) in [5.41, 5.74) is 6.67. The van der Waals surface area contributed by atoms with Crippen molar-refractivity contribution in [3.05, 3.63) is 36.7 Å². The fourth-order valence-electron chi connectivity index (χ4n) is 1.59. The van der Waals surface area contributed by atoms with Gasteiger partial charge in [-0.2, -0.15) is 0 Å². The second kappa shape index (κ2) is 7.02. The molecule has 1 atom stereocenters. The van der Waals surface area contributed by atoms with E-state index in [1.165, 1.54) is 0 Å². The van der Waals surface area contributed by atoms with E-state index in [2.05, 4.69) is 15.5 Å². The summed E-state index contributed by atoms with van der Waals surface area (Å²) in [6, 6.07) is 8.96. The molecule has 0 fully saturated rings. The fourth-order valence-corrected chi connectivity index (χ4v) is 1.59. The zero-order chi connectivity index (χ0) is 13.8. The predicted octanol–water partition coefficient (Wildman–Crippen LogP) is 1.61. The Balaban J connectivity index is 0.00000200. The van der Waals surface area contributed by atoms with Gasteiger partial charge in [0, 0.05) is 0 Å². The number of carbonyl (C=O) groups is 1. The molecule has 2 rings (SSSR count). The fraction of sp³-hybridized carbons (Fsp3) is 0.308. The van der Waals surface area contributed by atoms with Gasteiger partial charge in [0.1, 0.15) is 6.33 Å². The van der Waals surface area contributed by atoms with Crippen LogP contribution >= 0.6 is 12.4 Å². The Morgan fingerprint density at radius 2 is 1.95 bits per heavy atom. The van der Waals surface area contributed by atoms with Gasteiger partial charge < -0.3 is 5.73 Å². The van der Waals surface area contributed by atoms with Crippen LogP contribution in [0.5, 0.6) is 0 Å². The molecule has 0 aliphatic carbocycles. The molecule has 0 saturated heterocycles. The lowest BCUT2D eigenvalue weighted by atomic mass is 10.1. The predicted molar refractivity (Wildman–Crippen MR) is 80.1 cm³/mol. The molecule has 1 aromatic carbocycles. The molecule has 1 heterocycles. The molecular formula is C13H18ClN5O. The van der Waals surface area contributed by atoms with Crippen LogP contribution in [-0.2, 0) is 4.79 Å². The lowest BCUT2D eigenvalue weighted by Crippen LogP contribution is -2.40. The van der Waals surface area contributed by atoms with E-state index >= 15 is 0 Å². The van der Waals surface area contributed by atoms with Crippen LogP contribution in [0.4, 0.5) is 5.95 Å². The highest BCUT2D eigenvalue weighted by atomic mass is 35.5. The number of halogens is 1. The van der Waals surface area contributed by atoms with Crippen LogP contribution < -0.4 is 11.1 Å². The number of hydrogen-bond acceptors (Lipinski definition) is 4. The Kier molecular flexibility index (Phi) is 5.66. The molecule has 1 amide bonds. The Hall–Kier alpha value is -1.92. The molecule has 1 aromatic heterocycles. The van der Waals surface area contributed by atoms with E-state index in [-0.39, 0.29) is 24.2 Å². The van der Waals surface area contributed by atoms with E-state index in [1.807, 2.05) is 44.2 Å². The first-order chi connectivity index (χ1) is 9.09. The van der Waals surface area contributed by atoms with Gasteiger partial charge in [-0.25, -0.2) is 0 Å². The normalized spacial score (nSPS) is 11.8. The topological polar surface area (TPSA) is 85.8 Å². The molecule has 0 aliphatic heterocycles. The quantitative estimate of drug-likeness (QED) is 0.897. The van der Waals surface area contributed by atoms with Gasteiger partial charge >= 0.3 is 0 Å². The highest BCUT2D eigenvalue weighted by molar-refractivity contribution is 5.93. The number of para-hydroxylation sites is 1. The van der Waals surface area contributed by atoms with Gasteiger partial charge in [-0.3, -0.25) is 14.7 Å². The molecule has 2 aromatic rings. The zero-order valence-corrected chi connectivity index (χ0v) is 12.2. The molecule has 7 heteroatoms. The van der Waals surface area contributed by atoms with Crippen LogP contribution in [0.25, 0.3) is 5.69 Å². The number of amides is 1. The molecule has 0 saturated carbocycles. The molecule has 0 unspecified atom stereocenters. The van der Waals surface area contributed by atoms with Crippen molar-refractivity contribution in [2.45, 2.75) is 19.9 Å². The second-order valence-electron chi connectivity index (χ2n) is 4.62. The number of rotatable bonds is 4. The Labute approximate surface area is 123 Å². The third-order valence-corrected chi connectivity index (χ3v) is 2.84. The molecule has 3 N–H and O–H groups in total. The molecule has 108 valence electrons. The molecule has 6 nitrogen and oxygen atoms in total. The van der Waals surface area contributed by atoms with Gasteiger partial charge in [0.2, 0.25) is 11.9 Å². The van der Waals surface area contributed by atoms with Crippen molar-refractivity contribution in [2.75, 3.05) is 5.32 Å². The van der Waals surface area contributed by atoms with Gasteiger partial charge in [0.05, 0.1) is 11.7 Å². The van der Waals surface area contributed by atoms with Gasteiger partial charge in [0.15, 0.2) is 0 Å². The second-order valence-corrected chi connectivity index (χ2v) is 4.62. The summed E-state index contributed by atoms with van der Waals surface area (Å²) in [6.07, 6.45) is 1.55. The van der Waals surface area contributed by atoms with Crippen molar-refractivity contribution in [1.82, 2.24) is 14.8 Å². The van der Waals surface area contributed by atoms with Crippen molar-refractivity contribution in [3.8, 4) is 5.69 Å². The third kappa shape index (κ3) is 3.55. The van der Waals surface area contributed by atoms with E-state index in [0.29, 0.717) is 5.95 Å². The summed E-state index contributed by atoms with van der Waals surface area (Å²) in [5.74, 6) is 0.167. The summed E-state index contributed by atoms with van der Waals surface area (Å²) in [5, 5.41) is 10.4. The average molecular weight is 296 g/mol. The van der Waals surface area contributed by atoms with Crippen LogP contribution in [0.15, 0.2) is 36.7 Å². The Bertz CT molecular complexity index is 555. The summed E-state index contributed by atoms with van der Waals surface area (Å²) in [4.78, 5) is 11.9. The highest BCUT2D eigenvalue weighted by Crippen LogP contribution is 2.13. The average Bonchev–Trinajstić information content (AvgIpc) is 2.86. The Morgan fingerprint density at radius 3 is 2.55 bits per heavy atom. The third-order valence-electron chi connectivity index (χ3n) is 2.84. The van der Waals surface area contributed by atoms with Crippen LogP contribution in [0, 0.1) is 5.92 Å². The van der Waals surface area contributed by atoms with E-state index in [9.17, 15) is 4.79 Å². The SMILES string of the molecule is CC(C)[C@H](N)C(=O)Nc1nncn1-c1ccccc1.Cl. The number of aromatic nitrogens is 3. The number of nitrogens with two attached hydrogens (primary N) is 1. The maximum atomic E-state index is 11.9. The summed E-state index contributed by atoms with van der Waals surface area (Å²) >= 11 is 0. The van der Waals surface area contributed by atoms with E-state index < -0.39 is 6.04 Å². The first-order valence-electron chi connectivity index (χ1n) is 6.11. The molecule has 0 radical (unpaired) electrons. The zero-order valence-electron chi connectivity index (χ0n) is 11.4. The van der Waals surface area contributed by atoms with Crippen LogP contribution in [0.3, 0.4) is 0 Å². The van der Waals surface area contributed by atoms with Crippen LogP contribution in [-0.4, -0.2) is 26.7 Å². The molecule has 0 bridgehead atoms. The lowest BCUT2D eigenvalue weighted by molar-refractivity contribution is -0.118. The Morgan fingerprint density at radius 1 is 1.30 bits per heavy atom. The van der Waals surface area contributed by atoms with Crippen molar-refractivity contribution in [1.29, 1.82) is 0 Å². The van der Waals surface area contributed by atoms with Crippen molar-refractivity contribution < 1.29 is 4.79 Å². The van der Waals surface area contributed by atoms with E-state index in [4.69, 9.17) is 5.73 Å². The largest absolute Gasteiger partial charge is 0.320 e. The summed E-state index contributed by atoms with van der Waals surface area (Å²) in [7, 11) is 0. The van der Waals surface area contributed by atoms with Crippen molar-refractivity contribution in [3.63, 3.8) is 0 Å². The van der Waals surface area contributed by atoms with E-state index in [0.717, 1.165) is 5.69 Å². The minimum atomic E-state index is -0.569. The number of nitrogens with zero attached hydrogens (tertiary/aromatic N) is 3. The number of hydrogen-bond donors (Lipinski definition) is 2. The van der Waals surface area contributed by atoms with E-state index in [1.54, 1.807) is 10.9 Å². The van der Waals surface area contributed by atoms with Crippen LogP contribution in [0.2, 0.25) is 0 Å². The standard InChI is InChI=1S/C13H17N5O.ClH/c1-9(2)11(14)12(19)16-13-17-15-8-18(13)10-6-4-3-5-7-10;/h3-9,11H,14H2,1-2H3,(H,16,17,19);1H/t11-;/m0./s1. The van der Waals surface area contributed by atoms with Crippen molar-refractivity contribution in [2.24, 2.45) is 11.7 Å². The van der Waals surface area contributed by atoms with Gasteiger partial charge in [0.25, 0.3) is 0 Å². The summed E-state index contributed by atoms with van der Waals surface area (Å²) < 4.78 is 1.70. The minimum Gasteiger partial charge on any atom is -0.320 e. The molecule has 0 aliphatic rings. The molecule has 20 heavy (non-hydrogen) atoms. The molecular weight excluding hydrogens is 278 g/mol. The first-order valence-corrected chi connectivity index (χ1v) is 6.11. The van der Waals surface area contributed by atoms with Crippen LogP contribution in [0.1, 0.15) is 13.8 Å². The summed E-state index contributed by atoms with van der Waals surface area (Å²) in [6.45, 7) is 3.79. The van der Waals surface area contributed by atoms with Crippen molar-refractivity contribution >= 4 is 24.3 Å². The smallest absolute Gasteiger partial charge is 0.243 e. The van der Waals surface area contributed by atoms with Gasteiger partial charge in [-0.05, 0) is 18.1 Å². The monoisotopic (exact) mass is 295 g/mol. The highest BCUT2D eigenvalue weighted by Gasteiger charge is 2.19. The van der Waals surface area contributed by atoms with Gasteiger partial charge in [-0.15, -0.1) is 22.6 Å². The number of carbonyl (C=O) groups excluding carboxylic acids is 1. The lowest BCUT2D eigenvalue weighted by Gasteiger charge is -2.15. The molecule has 0 spiro atoms.